The lowest BCUT2D eigenvalue weighted by atomic mass is 10.0. The van der Waals surface area contributed by atoms with E-state index in [1.165, 1.54) is 6.92 Å². The highest BCUT2D eigenvalue weighted by Gasteiger charge is 2.16. The normalized spacial score (nSPS) is 14.2. The minimum atomic E-state index is -0.332. The Balaban J connectivity index is 2.30. The maximum atomic E-state index is 10.9. The first-order valence-corrected chi connectivity index (χ1v) is 6.13. The van der Waals surface area contributed by atoms with Crippen LogP contribution in [0.3, 0.4) is 0 Å². The van der Waals surface area contributed by atoms with Gasteiger partial charge in [-0.1, -0.05) is 12.5 Å². The van der Waals surface area contributed by atoms with Gasteiger partial charge >= 0.3 is 5.97 Å². The molecule has 0 unspecified atom stereocenters. The third-order valence-electron chi connectivity index (χ3n) is 3.05. The number of nitrogens with zero attached hydrogens (tertiary/aromatic N) is 1. The second-order valence-electron chi connectivity index (χ2n) is 4.40. The Kier molecular flexibility index (Phi) is 3.76. The first-order valence-electron chi connectivity index (χ1n) is 6.13. The predicted molar refractivity (Wildman–Crippen MR) is 79.5 cm³/mol. The van der Waals surface area contributed by atoms with Crippen LogP contribution in [0.5, 0.6) is 5.75 Å². The van der Waals surface area contributed by atoms with E-state index in [1.54, 1.807) is 12.1 Å². The minimum Gasteiger partial charge on any atom is -0.427 e. The number of terminal acetylenes is 1. The number of carbonyl (C=O) groups excluding carboxylic acids is 1. The number of benzene rings is 1. The van der Waals surface area contributed by atoms with E-state index >= 15 is 0 Å². The molecule has 0 saturated carbocycles. The van der Waals surface area contributed by atoms with E-state index in [0.29, 0.717) is 5.75 Å². The lowest BCUT2D eigenvalue weighted by Crippen LogP contribution is -2.19. The quantitative estimate of drug-likeness (QED) is 0.468. The maximum Gasteiger partial charge on any atom is 0.308 e. The van der Waals surface area contributed by atoms with Crippen molar-refractivity contribution in [1.82, 2.24) is 4.90 Å². The molecule has 0 amide bonds. The third kappa shape index (κ3) is 2.65. The second kappa shape index (κ2) is 5.50. The van der Waals surface area contributed by atoms with Crippen molar-refractivity contribution in [3.05, 3.63) is 59.8 Å². The summed E-state index contributed by atoms with van der Waals surface area (Å²) in [7, 11) is 1.92. The Hall–Kier alpha value is -2.73. The zero-order valence-electron chi connectivity index (χ0n) is 11.5. The van der Waals surface area contributed by atoms with E-state index in [9.17, 15) is 4.79 Å². The van der Waals surface area contributed by atoms with Gasteiger partial charge in [0, 0.05) is 30.9 Å². The summed E-state index contributed by atoms with van der Waals surface area (Å²) in [4.78, 5) is 12.8. The fourth-order valence-electron chi connectivity index (χ4n) is 1.98. The lowest BCUT2D eigenvalue weighted by Gasteiger charge is -2.28. The van der Waals surface area contributed by atoms with E-state index in [0.717, 1.165) is 22.5 Å². The first-order chi connectivity index (χ1) is 9.52. The SMILES string of the molecule is C#CC1=CC=C(c2ccc(OC(C)=O)cc2)N(C)C1=C. The van der Waals surface area contributed by atoms with Crippen molar-refractivity contribution in [3.8, 4) is 18.1 Å². The van der Waals surface area contributed by atoms with Crippen LogP contribution >= 0.6 is 0 Å². The monoisotopic (exact) mass is 265 g/mol. The molecule has 20 heavy (non-hydrogen) atoms. The summed E-state index contributed by atoms with van der Waals surface area (Å²) in [5.41, 5.74) is 3.54. The number of ether oxygens (including phenoxy) is 1. The fourth-order valence-corrected chi connectivity index (χ4v) is 1.98. The van der Waals surface area contributed by atoms with Gasteiger partial charge in [-0.25, -0.2) is 0 Å². The van der Waals surface area contributed by atoms with E-state index in [2.05, 4.69) is 12.5 Å². The van der Waals surface area contributed by atoms with Crippen molar-refractivity contribution in [2.75, 3.05) is 7.05 Å². The van der Waals surface area contributed by atoms with Crippen molar-refractivity contribution in [1.29, 1.82) is 0 Å². The van der Waals surface area contributed by atoms with Gasteiger partial charge in [0.2, 0.25) is 0 Å². The smallest absolute Gasteiger partial charge is 0.308 e. The molecule has 1 aliphatic heterocycles. The van der Waals surface area contributed by atoms with Crippen LogP contribution in [0.2, 0.25) is 0 Å². The summed E-state index contributed by atoms with van der Waals surface area (Å²) in [5, 5.41) is 0. The number of rotatable bonds is 2. The topological polar surface area (TPSA) is 29.5 Å². The molecular weight excluding hydrogens is 250 g/mol. The molecule has 1 aromatic carbocycles. The van der Waals surface area contributed by atoms with Crippen molar-refractivity contribution in [2.24, 2.45) is 0 Å². The van der Waals surface area contributed by atoms with Crippen molar-refractivity contribution in [3.63, 3.8) is 0 Å². The molecule has 2 rings (SSSR count). The summed E-state index contributed by atoms with van der Waals surface area (Å²) in [6.45, 7) is 5.36. The fraction of sp³-hybridized carbons (Fsp3) is 0.118. The van der Waals surface area contributed by atoms with Gasteiger partial charge in [-0.05, 0) is 42.0 Å². The number of carbonyl (C=O) groups is 1. The summed E-state index contributed by atoms with van der Waals surface area (Å²) in [5.74, 6) is 2.80. The van der Waals surface area contributed by atoms with Gasteiger partial charge < -0.3 is 9.64 Å². The van der Waals surface area contributed by atoms with E-state index in [1.807, 2.05) is 36.2 Å². The van der Waals surface area contributed by atoms with Crippen LogP contribution < -0.4 is 4.74 Å². The largest absolute Gasteiger partial charge is 0.427 e. The van der Waals surface area contributed by atoms with Crippen LogP contribution in [0.4, 0.5) is 0 Å². The molecule has 0 aromatic heterocycles. The molecule has 0 saturated heterocycles. The molecule has 0 fully saturated rings. The molecule has 3 nitrogen and oxygen atoms in total. The molecule has 0 bridgehead atoms. The van der Waals surface area contributed by atoms with Crippen LogP contribution in [0.25, 0.3) is 5.70 Å². The van der Waals surface area contributed by atoms with Crippen LogP contribution in [0, 0.1) is 12.3 Å². The van der Waals surface area contributed by atoms with Crippen molar-refractivity contribution < 1.29 is 9.53 Å². The third-order valence-corrected chi connectivity index (χ3v) is 3.05. The highest BCUT2D eigenvalue weighted by molar-refractivity contribution is 5.73. The number of allylic oxidation sites excluding steroid dienone is 3. The molecule has 0 atom stereocenters. The van der Waals surface area contributed by atoms with Crippen molar-refractivity contribution >= 4 is 11.7 Å². The number of likely N-dealkylation sites (N-methyl/N-ethyl adjacent to an activating group) is 1. The molecule has 0 aliphatic carbocycles. The van der Waals surface area contributed by atoms with Crippen LogP contribution in [0.15, 0.2) is 54.3 Å². The molecule has 0 radical (unpaired) electrons. The zero-order chi connectivity index (χ0) is 14.7. The van der Waals surface area contributed by atoms with E-state index in [-0.39, 0.29) is 5.97 Å². The molecule has 1 aliphatic rings. The standard InChI is InChI=1S/C17H15NO2/c1-5-14-8-11-17(18(4)12(14)2)15-6-9-16(10-7-15)20-13(3)19/h1,6-11H,2H2,3-4H3. The Morgan fingerprint density at radius 1 is 1.30 bits per heavy atom. The first kappa shape index (κ1) is 13.7. The minimum absolute atomic E-state index is 0.332. The molecule has 0 spiro atoms. The molecule has 0 N–H and O–H groups in total. The Labute approximate surface area is 118 Å². The summed E-state index contributed by atoms with van der Waals surface area (Å²) in [6.07, 6.45) is 9.24. The summed E-state index contributed by atoms with van der Waals surface area (Å²) in [6, 6.07) is 7.30. The Morgan fingerprint density at radius 2 is 1.95 bits per heavy atom. The predicted octanol–water partition coefficient (Wildman–Crippen LogP) is 2.97. The van der Waals surface area contributed by atoms with Gasteiger partial charge in [0.25, 0.3) is 0 Å². The lowest BCUT2D eigenvalue weighted by molar-refractivity contribution is -0.131. The van der Waals surface area contributed by atoms with Crippen LogP contribution in [0.1, 0.15) is 12.5 Å². The van der Waals surface area contributed by atoms with Crippen LogP contribution in [-0.4, -0.2) is 17.9 Å². The van der Waals surface area contributed by atoms with Crippen molar-refractivity contribution in [2.45, 2.75) is 6.92 Å². The Bertz CT molecular complexity index is 657. The maximum absolute atomic E-state index is 10.9. The van der Waals surface area contributed by atoms with Gasteiger partial charge in [-0.15, -0.1) is 6.42 Å². The number of esters is 1. The van der Waals surface area contributed by atoms with Gasteiger partial charge in [0.15, 0.2) is 0 Å². The summed E-state index contributed by atoms with van der Waals surface area (Å²) >= 11 is 0. The van der Waals surface area contributed by atoms with Crippen LogP contribution in [-0.2, 0) is 4.79 Å². The highest BCUT2D eigenvalue weighted by Crippen LogP contribution is 2.29. The summed E-state index contributed by atoms with van der Waals surface area (Å²) < 4.78 is 5.01. The van der Waals surface area contributed by atoms with Gasteiger partial charge in [-0.3, -0.25) is 4.79 Å². The highest BCUT2D eigenvalue weighted by atomic mass is 16.5. The van der Waals surface area contributed by atoms with E-state index < -0.39 is 0 Å². The van der Waals surface area contributed by atoms with Gasteiger partial charge in [0.1, 0.15) is 5.75 Å². The van der Waals surface area contributed by atoms with Gasteiger partial charge in [-0.2, -0.15) is 0 Å². The zero-order valence-corrected chi connectivity index (χ0v) is 11.5. The number of hydrogen-bond donors (Lipinski definition) is 0. The molecular formula is C17H15NO2. The molecule has 3 heteroatoms. The van der Waals surface area contributed by atoms with Gasteiger partial charge in [0.05, 0.1) is 0 Å². The molecule has 100 valence electrons. The van der Waals surface area contributed by atoms with E-state index in [4.69, 9.17) is 11.2 Å². The molecule has 1 aromatic rings. The number of hydrogen-bond acceptors (Lipinski definition) is 3. The molecule has 1 heterocycles. The average molecular weight is 265 g/mol. The second-order valence-corrected chi connectivity index (χ2v) is 4.40. The Morgan fingerprint density at radius 3 is 2.50 bits per heavy atom. The average Bonchev–Trinajstić information content (AvgIpc) is 2.42.